The Balaban J connectivity index is 1.74. The van der Waals surface area contributed by atoms with Crippen LogP contribution in [0, 0.1) is 0 Å². The predicted molar refractivity (Wildman–Crippen MR) is 82.5 cm³/mol. The highest BCUT2D eigenvalue weighted by molar-refractivity contribution is 5.15. The molecule has 1 aromatic carbocycles. The number of hydrogen-bond acceptors (Lipinski definition) is 2. The molecule has 2 heteroatoms. The summed E-state index contributed by atoms with van der Waals surface area (Å²) in [5, 5.41) is 0. The molecule has 1 aliphatic rings. The number of benzene rings is 1. The molecule has 0 aliphatic carbocycles. The van der Waals surface area contributed by atoms with Gasteiger partial charge in [0, 0.05) is 32.2 Å². The molecule has 0 radical (unpaired) electrons. The molecular formula is C17H28N2. The van der Waals surface area contributed by atoms with Crippen LogP contribution < -0.4 is 0 Å². The van der Waals surface area contributed by atoms with Crippen molar-refractivity contribution in [3.63, 3.8) is 0 Å². The molecule has 1 unspecified atom stereocenters. The summed E-state index contributed by atoms with van der Waals surface area (Å²) < 4.78 is 0. The second-order valence-electron chi connectivity index (χ2n) is 5.77. The van der Waals surface area contributed by atoms with Crippen molar-refractivity contribution in [2.75, 3.05) is 32.7 Å². The second-order valence-corrected chi connectivity index (χ2v) is 5.77. The second kappa shape index (κ2) is 7.66. The van der Waals surface area contributed by atoms with Gasteiger partial charge in [-0.3, -0.25) is 4.90 Å². The van der Waals surface area contributed by atoms with Crippen LogP contribution in [0.3, 0.4) is 0 Å². The molecule has 1 aromatic rings. The molecule has 0 spiro atoms. The number of hydrogen-bond donors (Lipinski definition) is 0. The summed E-state index contributed by atoms with van der Waals surface area (Å²) in [6, 6.07) is 11.5. The molecule has 0 aromatic heterocycles. The molecule has 0 bridgehead atoms. The summed E-state index contributed by atoms with van der Waals surface area (Å²) in [5.74, 6) is 0. The van der Waals surface area contributed by atoms with E-state index in [0.29, 0.717) is 6.04 Å². The third-order valence-electron chi connectivity index (χ3n) is 4.23. The Kier molecular flexibility index (Phi) is 5.87. The van der Waals surface area contributed by atoms with Crippen LogP contribution in [-0.4, -0.2) is 48.6 Å². The van der Waals surface area contributed by atoms with Gasteiger partial charge in [0.1, 0.15) is 0 Å². The molecule has 106 valence electrons. The Morgan fingerprint density at radius 3 is 2.37 bits per heavy atom. The highest BCUT2D eigenvalue weighted by Crippen LogP contribution is 2.12. The standard InChI is InChI=1S/C17H28N2/c1-3-4-10-18-11-13-19(14-12-18)16(2)15-17-8-6-5-7-9-17/h5-9,16H,3-4,10-15H2,1-2H3. The molecular weight excluding hydrogens is 232 g/mol. The third kappa shape index (κ3) is 4.63. The summed E-state index contributed by atoms with van der Waals surface area (Å²) in [6.07, 6.45) is 3.83. The average Bonchev–Trinajstić information content (AvgIpc) is 2.46. The van der Waals surface area contributed by atoms with Crippen LogP contribution in [0.1, 0.15) is 32.3 Å². The fourth-order valence-electron chi connectivity index (χ4n) is 2.89. The van der Waals surface area contributed by atoms with Gasteiger partial charge >= 0.3 is 0 Å². The minimum atomic E-state index is 0.663. The van der Waals surface area contributed by atoms with E-state index in [9.17, 15) is 0 Å². The SMILES string of the molecule is CCCCN1CCN(C(C)Cc2ccccc2)CC1. The first-order valence-electron chi connectivity index (χ1n) is 7.80. The molecule has 1 saturated heterocycles. The monoisotopic (exact) mass is 260 g/mol. The molecule has 1 fully saturated rings. The maximum absolute atomic E-state index is 2.65. The quantitative estimate of drug-likeness (QED) is 0.776. The van der Waals surface area contributed by atoms with Crippen LogP contribution in [-0.2, 0) is 6.42 Å². The topological polar surface area (TPSA) is 6.48 Å². The van der Waals surface area contributed by atoms with Gasteiger partial charge in [0.15, 0.2) is 0 Å². The Hall–Kier alpha value is -0.860. The maximum atomic E-state index is 2.65. The summed E-state index contributed by atoms with van der Waals surface area (Å²) in [5.41, 5.74) is 1.46. The zero-order valence-electron chi connectivity index (χ0n) is 12.5. The van der Waals surface area contributed by atoms with Crippen molar-refractivity contribution in [2.24, 2.45) is 0 Å². The van der Waals surface area contributed by atoms with Crippen LogP contribution in [0.25, 0.3) is 0 Å². The zero-order chi connectivity index (χ0) is 13.5. The number of piperazine rings is 1. The number of nitrogens with zero attached hydrogens (tertiary/aromatic N) is 2. The van der Waals surface area contributed by atoms with Gasteiger partial charge in [-0.15, -0.1) is 0 Å². The highest BCUT2D eigenvalue weighted by Gasteiger charge is 2.20. The van der Waals surface area contributed by atoms with Crippen molar-refractivity contribution in [2.45, 2.75) is 39.2 Å². The summed E-state index contributed by atoms with van der Waals surface area (Å²) in [6.45, 7) is 10.9. The molecule has 2 nitrogen and oxygen atoms in total. The molecule has 1 heterocycles. The first kappa shape index (κ1) is 14.5. The lowest BCUT2D eigenvalue weighted by Gasteiger charge is -2.38. The fourth-order valence-corrected chi connectivity index (χ4v) is 2.89. The van der Waals surface area contributed by atoms with Crippen molar-refractivity contribution in [1.29, 1.82) is 0 Å². The Morgan fingerprint density at radius 2 is 1.74 bits per heavy atom. The van der Waals surface area contributed by atoms with E-state index in [2.05, 4.69) is 54.0 Å². The lowest BCUT2D eigenvalue weighted by Crippen LogP contribution is -2.50. The van der Waals surface area contributed by atoms with Crippen molar-refractivity contribution >= 4 is 0 Å². The van der Waals surface area contributed by atoms with Gasteiger partial charge in [-0.2, -0.15) is 0 Å². The third-order valence-corrected chi connectivity index (χ3v) is 4.23. The van der Waals surface area contributed by atoms with Gasteiger partial charge in [0.2, 0.25) is 0 Å². The first-order chi connectivity index (χ1) is 9.29. The molecule has 2 rings (SSSR count). The summed E-state index contributed by atoms with van der Waals surface area (Å²) in [7, 11) is 0. The maximum Gasteiger partial charge on any atom is 0.0113 e. The first-order valence-corrected chi connectivity index (χ1v) is 7.80. The van der Waals surface area contributed by atoms with Crippen molar-refractivity contribution < 1.29 is 0 Å². The van der Waals surface area contributed by atoms with Crippen LogP contribution in [0.2, 0.25) is 0 Å². The molecule has 0 N–H and O–H groups in total. The molecule has 0 amide bonds. The van der Waals surface area contributed by atoms with Gasteiger partial charge in [0.25, 0.3) is 0 Å². The average molecular weight is 260 g/mol. The molecule has 1 atom stereocenters. The van der Waals surface area contributed by atoms with E-state index in [1.54, 1.807) is 0 Å². The predicted octanol–water partition coefficient (Wildman–Crippen LogP) is 3.04. The van der Waals surface area contributed by atoms with Crippen LogP contribution >= 0.6 is 0 Å². The van der Waals surface area contributed by atoms with Gasteiger partial charge < -0.3 is 4.90 Å². The van der Waals surface area contributed by atoms with E-state index < -0.39 is 0 Å². The molecule has 0 saturated carbocycles. The van der Waals surface area contributed by atoms with Gasteiger partial charge in [-0.1, -0.05) is 43.7 Å². The van der Waals surface area contributed by atoms with Crippen molar-refractivity contribution in [1.82, 2.24) is 9.80 Å². The van der Waals surface area contributed by atoms with Crippen molar-refractivity contribution in [3.8, 4) is 0 Å². The van der Waals surface area contributed by atoms with Gasteiger partial charge in [-0.25, -0.2) is 0 Å². The van der Waals surface area contributed by atoms with Crippen molar-refractivity contribution in [3.05, 3.63) is 35.9 Å². The van der Waals surface area contributed by atoms with E-state index in [1.807, 2.05) is 0 Å². The summed E-state index contributed by atoms with van der Waals surface area (Å²) >= 11 is 0. The molecule has 19 heavy (non-hydrogen) atoms. The van der Waals surface area contributed by atoms with E-state index >= 15 is 0 Å². The fraction of sp³-hybridized carbons (Fsp3) is 0.647. The minimum absolute atomic E-state index is 0.663. The summed E-state index contributed by atoms with van der Waals surface area (Å²) in [4.78, 5) is 5.27. The van der Waals surface area contributed by atoms with Crippen LogP contribution in [0.15, 0.2) is 30.3 Å². The van der Waals surface area contributed by atoms with Crippen LogP contribution in [0.5, 0.6) is 0 Å². The smallest absolute Gasteiger partial charge is 0.0113 e. The highest BCUT2D eigenvalue weighted by atomic mass is 15.3. The lowest BCUT2D eigenvalue weighted by atomic mass is 10.1. The van der Waals surface area contributed by atoms with E-state index in [4.69, 9.17) is 0 Å². The molecule has 1 aliphatic heterocycles. The minimum Gasteiger partial charge on any atom is -0.301 e. The number of rotatable bonds is 6. The van der Waals surface area contributed by atoms with Gasteiger partial charge in [0.05, 0.1) is 0 Å². The lowest BCUT2D eigenvalue weighted by molar-refractivity contribution is 0.101. The van der Waals surface area contributed by atoms with E-state index in [0.717, 1.165) is 0 Å². The van der Waals surface area contributed by atoms with E-state index in [1.165, 1.54) is 57.5 Å². The van der Waals surface area contributed by atoms with Gasteiger partial charge in [-0.05, 0) is 31.9 Å². The van der Waals surface area contributed by atoms with E-state index in [-0.39, 0.29) is 0 Å². The number of unbranched alkanes of at least 4 members (excludes halogenated alkanes) is 1. The zero-order valence-corrected chi connectivity index (χ0v) is 12.5. The Bertz CT molecular complexity index is 342. The normalized spacial score (nSPS) is 19.5. The Morgan fingerprint density at radius 1 is 1.05 bits per heavy atom. The largest absolute Gasteiger partial charge is 0.301 e. The van der Waals surface area contributed by atoms with Crippen LogP contribution in [0.4, 0.5) is 0 Å². The Labute approximate surface area is 118 Å².